The SMILES string of the molecule is C=C[C@@H]1CCCN1C(=O)c1sc(NC(C)=O)nc1CCc1ccc(N=C(N)N)cc1. The Kier molecular flexibility index (Phi) is 6.83. The molecule has 1 aliphatic rings. The summed E-state index contributed by atoms with van der Waals surface area (Å²) in [5, 5.41) is 3.14. The van der Waals surface area contributed by atoms with Crippen LogP contribution in [0.15, 0.2) is 41.9 Å². The average molecular weight is 427 g/mol. The lowest BCUT2D eigenvalue weighted by Gasteiger charge is -2.21. The van der Waals surface area contributed by atoms with Crippen LogP contribution in [0.3, 0.4) is 0 Å². The lowest BCUT2D eigenvalue weighted by molar-refractivity contribution is -0.114. The smallest absolute Gasteiger partial charge is 0.266 e. The predicted molar refractivity (Wildman–Crippen MR) is 120 cm³/mol. The molecule has 0 bridgehead atoms. The number of nitrogens with one attached hydrogen (secondary N) is 1. The number of carbonyl (C=O) groups excluding carboxylic acids is 2. The third-order valence-corrected chi connectivity index (χ3v) is 5.85. The Bertz CT molecular complexity index is 962. The maximum absolute atomic E-state index is 13.2. The van der Waals surface area contributed by atoms with E-state index in [-0.39, 0.29) is 23.8 Å². The number of rotatable bonds is 7. The van der Waals surface area contributed by atoms with Gasteiger partial charge in [0.05, 0.1) is 17.4 Å². The summed E-state index contributed by atoms with van der Waals surface area (Å²) in [5.41, 5.74) is 13.2. The summed E-state index contributed by atoms with van der Waals surface area (Å²) in [6.07, 6.45) is 4.96. The molecule has 1 fully saturated rings. The summed E-state index contributed by atoms with van der Waals surface area (Å²) < 4.78 is 0. The number of nitrogens with two attached hydrogens (primary N) is 2. The molecular weight excluding hydrogens is 400 g/mol. The van der Waals surface area contributed by atoms with Crippen molar-refractivity contribution in [2.75, 3.05) is 11.9 Å². The largest absolute Gasteiger partial charge is 0.370 e. The Morgan fingerprint density at radius 1 is 1.33 bits per heavy atom. The van der Waals surface area contributed by atoms with Crippen LogP contribution in [0.5, 0.6) is 0 Å². The number of hydrogen-bond acceptors (Lipinski definition) is 5. The van der Waals surface area contributed by atoms with E-state index < -0.39 is 0 Å². The van der Waals surface area contributed by atoms with E-state index in [1.165, 1.54) is 18.3 Å². The van der Waals surface area contributed by atoms with E-state index >= 15 is 0 Å². The van der Waals surface area contributed by atoms with Gasteiger partial charge >= 0.3 is 0 Å². The van der Waals surface area contributed by atoms with E-state index in [4.69, 9.17) is 11.5 Å². The van der Waals surface area contributed by atoms with Crippen molar-refractivity contribution in [2.45, 2.75) is 38.6 Å². The number of aryl methyl sites for hydroxylation is 2. The molecule has 2 heterocycles. The van der Waals surface area contributed by atoms with Crippen molar-refractivity contribution in [3.8, 4) is 0 Å². The average Bonchev–Trinajstić information content (AvgIpc) is 3.32. The minimum atomic E-state index is -0.213. The fourth-order valence-electron chi connectivity index (χ4n) is 3.46. The summed E-state index contributed by atoms with van der Waals surface area (Å²) in [7, 11) is 0. The number of nitrogens with zero attached hydrogens (tertiary/aromatic N) is 3. The Labute approximate surface area is 179 Å². The number of benzene rings is 1. The highest BCUT2D eigenvalue weighted by Gasteiger charge is 2.30. The molecule has 0 aliphatic carbocycles. The van der Waals surface area contributed by atoms with Gasteiger partial charge in [-0.2, -0.15) is 0 Å². The predicted octanol–water partition coefficient (Wildman–Crippen LogP) is 2.58. The van der Waals surface area contributed by atoms with Crippen LogP contribution in [0.25, 0.3) is 0 Å². The zero-order valence-corrected chi connectivity index (χ0v) is 17.7. The number of guanidine groups is 1. The van der Waals surface area contributed by atoms with Gasteiger partial charge in [-0.05, 0) is 43.4 Å². The van der Waals surface area contributed by atoms with Crippen LogP contribution in [-0.4, -0.2) is 40.2 Å². The molecule has 30 heavy (non-hydrogen) atoms. The first-order valence-corrected chi connectivity index (χ1v) is 10.6. The zero-order chi connectivity index (χ0) is 21.7. The van der Waals surface area contributed by atoms with E-state index in [1.807, 2.05) is 35.2 Å². The number of anilines is 1. The topological polar surface area (TPSA) is 127 Å². The number of thiazole rings is 1. The van der Waals surface area contributed by atoms with Gasteiger partial charge in [-0.15, -0.1) is 6.58 Å². The first-order valence-electron chi connectivity index (χ1n) is 9.76. The van der Waals surface area contributed by atoms with Crippen LogP contribution < -0.4 is 16.8 Å². The number of carbonyl (C=O) groups is 2. The van der Waals surface area contributed by atoms with Gasteiger partial charge in [-0.3, -0.25) is 9.59 Å². The number of likely N-dealkylation sites (tertiary alicyclic amines) is 1. The highest BCUT2D eigenvalue weighted by atomic mass is 32.1. The zero-order valence-electron chi connectivity index (χ0n) is 16.9. The molecule has 158 valence electrons. The maximum Gasteiger partial charge on any atom is 0.266 e. The molecule has 1 atom stereocenters. The van der Waals surface area contributed by atoms with E-state index in [9.17, 15) is 9.59 Å². The van der Waals surface area contributed by atoms with E-state index in [2.05, 4.69) is 21.9 Å². The van der Waals surface area contributed by atoms with Gasteiger partial charge in [0.15, 0.2) is 11.1 Å². The Hall–Kier alpha value is -3.20. The second-order valence-electron chi connectivity index (χ2n) is 7.12. The van der Waals surface area contributed by atoms with Crippen LogP contribution in [0.2, 0.25) is 0 Å². The highest BCUT2D eigenvalue weighted by Crippen LogP contribution is 2.29. The van der Waals surface area contributed by atoms with Gasteiger partial charge < -0.3 is 21.7 Å². The van der Waals surface area contributed by atoms with Crippen LogP contribution in [0.4, 0.5) is 10.8 Å². The monoisotopic (exact) mass is 426 g/mol. The molecule has 0 radical (unpaired) electrons. The van der Waals surface area contributed by atoms with Gasteiger partial charge in [0, 0.05) is 13.5 Å². The number of aliphatic imine (C=N–C) groups is 1. The van der Waals surface area contributed by atoms with E-state index in [1.54, 1.807) is 0 Å². The molecule has 2 aromatic rings. The first-order chi connectivity index (χ1) is 14.4. The Morgan fingerprint density at radius 3 is 2.70 bits per heavy atom. The molecule has 5 N–H and O–H groups in total. The second kappa shape index (κ2) is 9.53. The molecular formula is C21H26N6O2S. The van der Waals surface area contributed by atoms with Crippen LogP contribution in [-0.2, 0) is 17.6 Å². The Balaban J connectivity index is 1.79. The highest BCUT2D eigenvalue weighted by molar-refractivity contribution is 7.17. The number of amides is 2. The molecule has 9 heteroatoms. The van der Waals surface area contributed by atoms with E-state index in [0.29, 0.717) is 40.8 Å². The summed E-state index contributed by atoms with van der Waals surface area (Å²) in [4.78, 5) is 35.6. The number of hydrogen-bond donors (Lipinski definition) is 3. The fraction of sp³-hybridized carbons (Fsp3) is 0.333. The fourth-order valence-corrected chi connectivity index (χ4v) is 4.48. The maximum atomic E-state index is 13.2. The molecule has 0 unspecified atom stereocenters. The second-order valence-corrected chi connectivity index (χ2v) is 8.12. The minimum Gasteiger partial charge on any atom is -0.370 e. The molecule has 3 rings (SSSR count). The van der Waals surface area contributed by atoms with Crippen molar-refractivity contribution in [3.63, 3.8) is 0 Å². The molecule has 1 saturated heterocycles. The van der Waals surface area contributed by atoms with Crippen molar-refractivity contribution in [1.29, 1.82) is 0 Å². The molecule has 0 spiro atoms. The van der Waals surface area contributed by atoms with Crippen LogP contribution in [0, 0.1) is 0 Å². The quantitative estimate of drug-likeness (QED) is 0.356. The summed E-state index contributed by atoms with van der Waals surface area (Å²) in [6, 6.07) is 7.60. The van der Waals surface area contributed by atoms with Crippen LogP contribution >= 0.6 is 11.3 Å². The van der Waals surface area contributed by atoms with Gasteiger partial charge in [-0.1, -0.05) is 29.5 Å². The van der Waals surface area contributed by atoms with Crippen molar-refractivity contribution in [2.24, 2.45) is 16.5 Å². The minimum absolute atomic E-state index is 0.0126. The molecule has 1 aliphatic heterocycles. The van der Waals surface area contributed by atoms with Gasteiger partial charge in [0.1, 0.15) is 4.88 Å². The van der Waals surface area contributed by atoms with Crippen molar-refractivity contribution >= 4 is 39.9 Å². The standard InChI is InChI=1S/C21H26N6O2S/c1-3-16-5-4-12-27(16)19(29)18-17(26-21(30-18)24-13(2)28)11-8-14-6-9-15(10-7-14)25-20(22)23/h3,6-7,9-10,16H,1,4-5,8,11-12H2,2H3,(H4,22,23,25)(H,24,26,28)/t16-/m1/s1. The third kappa shape index (κ3) is 5.24. The van der Waals surface area contributed by atoms with Crippen LogP contribution in [0.1, 0.15) is 40.7 Å². The molecule has 1 aromatic heterocycles. The molecule has 8 nitrogen and oxygen atoms in total. The first kappa shape index (κ1) is 21.5. The molecule has 2 amide bonds. The molecule has 1 aromatic carbocycles. The Morgan fingerprint density at radius 2 is 2.07 bits per heavy atom. The molecule has 0 saturated carbocycles. The lowest BCUT2D eigenvalue weighted by atomic mass is 10.1. The van der Waals surface area contributed by atoms with Gasteiger partial charge in [0.2, 0.25) is 5.91 Å². The van der Waals surface area contributed by atoms with Crippen molar-refractivity contribution in [3.05, 3.63) is 53.1 Å². The summed E-state index contributed by atoms with van der Waals surface area (Å²) >= 11 is 1.23. The van der Waals surface area contributed by atoms with Gasteiger partial charge in [-0.25, -0.2) is 9.98 Å². The normalized spacial score (nSPS) is 15.6. The van der Waals surface area contributed by atoms with Crippen molar-refractivity contribution in [1.82, 2.24) is 9.88 Å². The summed E-state index contributed by atoms with van der Waals surface area (Å²) in [6.45, 7) is 5.98. The van der Waals surface area contributed by atoms with Gasteiger partial charge in [0.25, 0.3) is 5.91 Å². The third-order valence-electron chi connectivity index (χ3n) is 4.85. The van der Waals surface area contributed by atoms with Crippen molar-refractivity contribution < 1.29 is 9.59 Å². The number of aromatic nitrogens is 1. The summed E-state index contributed by atoms with van der Waals surface area (Å²) in [5.74, 6) is -0.252. The lowest BCUT2D eigenvalue weighted by Crippen LogP contribution is -2.34. The van der Waals surface area contributed by atoms with E-state index in [0.717, 1.165) is 18.4 Å².